The molecule has 72 heavy (non-hydrogen) atoms. The van der Waals surface area contributed by atoms with Gasteiger partial charge in [-0.1, -0.05) is 89.5 Å². The van der Waals surface area contributed by atoms with Crippen molar-refractivity contribution in [3.05, 3.63) is 128 Å². The fraction of sp³-hybridized carbons (Fsp3) is 0.385. The number of imidazole rings is 2. The highest BCUT2D eigenvalue weighted by Crippen LogP contribution is 2.31. The Kier molecular flexibility index (Phi) is 16.8. The Hall–Kier alpha value is -7.11. The van der Waals surface area contributed by atoms with Crippen molar-refractivity contribution in [3.8, 4) is 23.6 Å². The van der Waals surface area contributed by atoms with Gasteiger partial charge in [-0.05, 0) is 42.3 Å². The lowest BCUT2D eigenvalue weighted by Crippen LogP contribution is -2.22. The highest BCUT2D eigenvalue weighted by atomic mass is 28.3. The van der Waals surface area contributed by atoms with Gasteiger partial charge < -0.3 is 28.1 Å². The Morgan fingerprint density at radius 2 is 1.06 bits per heavy atom. The highest BCUT2D eigenvalue weighted by molar-refractivity contribution is 6.76. The molecule has 0 spiro atoms. The van der Waals surface area contributed by atoms with Crippen LogP contribution in [0, 0.1) is 28.6 Å². The fourth-order valence-electron chi connectivity index (χ4n) is 7.76. The van der Waals surface area contributed by atoms with E-state index >= 15 is 0 Å². The molecule has 0 saturated carbocycles. The molecule has 20 heteroatoms. The molecule has 0 amide bonds. The molecule has 0 bridgehead atoms. The second kappa shape index (κ2) is 23.0. The maximum absolute atomic E-state index is 12.8. The first-order valence-corrected chi connectivity index (χ1v) is 31.2. The van der Waals surface area contributed by atoms with Crippen molar-refractivity contribution in [2.45, 2.75) is 97.9 Å². The summed E-state index contributed by atoms with van der Waals surface area (Å²) in [7, 11) is -2.54. The van der Waals surface area contributed by atoms with Crippen LogP contribution in [0.4, 0.5) is 8.78 Å². The van der Waals surface area contributed by atoms with E-state index in [1.54, 1.807) is 24.3 Å². The molecule has 0 aliphatic rings. The van der Waals surface area contributed by atoms with Gasteiger partial charge in [0.2, 0.25) is 0 Å². The number of nitrogens with zero attached hydrogens (tertiary/aromatic N) is 8. The third-order valence-corrected chi connectivity index (χ3v) is 15.1. The zero-order chi connectivity index (χ0) is 51.7. The van der Waals surface area contributed by atoms with Crippen molar-refractivity contribution in [1.82, 2.24) is 39.5 Å². The monoisotopic (exact) mass is 1010 g/mol. The van der Waals surface area contributed by atoms with E-state index in [0.717, 1.165) is 40.0 Å². The van der Waals surface area contributed by atoms with E-state index in [4.69, 9.17) is 28.9 Å². The largest absolute Gasteiger partial charge is 0.492 e. The standard InChI is InChI=1S/C27H33N5O3Si.C25H27F2N5O3Si/c1-18(2)16-35-25-13-23-24(12-19(25)15-28)32(17-34-10-11-36(3,4)5)26(29-23)14-22-20-8-6-7-9-21(20)27(33)31-30-22;1-36(2,3)9-8-34-15-32-21-12-22(35-14-23(26)27)16(13-28)10-20(21)29-24(32)11-19-17-6-4-5-7-18(17)25(33)31-30-19/h6-9,12-13,18H,10-11,14,16-17H2,1-5H3,(H,31,33);4-7,10,12,23H,8-9,11,14-15H2,1-3H3,(H,31,33). The molecule has 0 radical (unpaired) electrons. The van der Waals surface area contributed by atoms with Crippen LogP contribution in [0.15, 0.2) is 82.4 Å². The second-order valence-corrected chi connectivity index (χ2v) is 31.6. The Morgan fingerprint density at radius 1 is 0.625 bits per heavy atom. The average Bonchev–Trinajstić information content (AvgIpc) is 3.85. The molecule has 0 fully saturated rings. The number of alkyl halides is 2. The molecule has 2 N–H and O–H groups in total. The molecule has 0 unspecified atom stereocenters. The van der Waals surface area contributed by atoms with Crippen molar-refractivity contribution in [1.29, 1.82) is 10.5 Å². The minimum Gasteiger partial charge on any atom is -0.492 e. The number of benzene rings is 4. The summed E-state index contributed by atoms with van der Waals surface area (Å²) in [4.78, 5) is 34.1. The number of nitrogens with one attached hydrogen (secondary N) is 2. The van der Waals surface area contributed by atoms with Gasteiger partial charge in [0.05, 0.1) is 74.8 Å². The molecule has 0 aliphatic heterocycles. The zero-order valence-electron chi connectivity index (χ0n) is 41.9. The van der Waals surface area contributed by atoms with E-state index in [1.807, 2.05) is 57.7 Å². The van der Waals surface area contributed by atoms with Crippen LogP contribution in [0.5, 0.6) is 11.5 Å². The Labute approximate surface area is 417 Å². The maximum atomic E-state index is 12.8. The Balaban J connectivity index is 0.000000211. The lowest BCUT2D eigenvalue weighted by atomic mass is 10.1. The van der Waals surface area contributed by atoms with E-state index in [1.165, 1.54) is 6.07 Å². The third kappa shape index (κ3) is 13.2. The van der Waals surface area contributed by atoms with Crippen LogP contribution in [0.1, 0.15) is 48.0 Å². The van der Waals surface area contributed by atoms with Crippen LogP contribution in [-0.2, 0) is 35.8 Å². The number of halogens is 2. The molecule has 8 rings (SSSR count). The summed E-state index contributed by atoms with van der Waals surface area (Å²) in [6.07, 6.45) is -2.00. The Bertz CT molecular complexity index is 3320. The zero-order valence-corrected chi connectivity index (χ0v) is 43.9. The molecule has 8 aromatic rings. The summed E-state index contributed by atoms with van der Waals surface area (Å²) in [5.74, 6) is 2.26. The molecule has 4 aromatic heterocycles. The number of rotatable bonds is 20. The van der Waals surface area contributed by atoms with Crippen LogP contribution in [0.2, 0.25) is 51.4 Å². The summed E-state index contributed by atoms with van der Waals surface area (Å²) >= 11 is 0. The topological polar surface area (TPSA) is 212 Å². The molecule has 0 atom stereocenters. The number of H-pyrrole nitrogens is 2. The van der Waals surface area contributed by atoms with Crippen molar-refractivity contribution < 1.29 is 27.7 Å². The van der Waals surface area contributed by atoms with Gasteiger partial charge in [0.1, 0.15) is 55.4 Å². The first-order valence-electron chi connectivity index (χ1n) is 23.8. The number of hydrogen-bond donors (Lipinski definition) is 2. The Morgan fingerprint density at radius 3 is 1.51 bits per heavy atom. The molecule has 0 aliphatic carbocycles. The van der Waals surface area contributed by atoms with Gasteiger partial charge >= 0.3 is 0 Å². The number of aromatic nitrogens is 8. The summed E-state index contributed by atoms with van der Waals surface area (Å²) in [5.41, 5.74) is 4.06. The summed E-state index contributed by atoms with van der Waals surface area (Å²) in [6, 6.07) is 27.6. The molecular formula is C52H60F2N10O6Si2. The number of hydrogen-bond acceptors (Lipinski definition) is 12. The van der Waals surface area contributed by atoms with Crippen LogP contribution >= 0.6 is 0 Å². The van der Waals surface area contributed by atoms with Gasteiger partial charge in [-0.3, -0.25) is 9.59 Å². The van der Waals surface area contributed by atoms with E-state index < -0.39 is 29.2 Å². The van der Waals surface area contributed by atoms with E-state index in [2.05, 4.69) is 79.6 Å². The van der Waals surface area contributed by atoms with Crippen LogP contribution in [0.25, 0.3) is 43.6 Å². The van der Waals surface area contributed by atoms with Crippen LogP contribution in [-0.4, -0.2) is 88.5 Å². The predicted molar refractivity (Wildman–Crippen MR) is 279 cm³/mol. The van der Waals surface area contributed by atoms with Crippen molar-refractivity contribution in [2.75, 3.05) is 26.4 Å². The molecule has 4 aromatic carbocycles. The first-order chi connectivity index (χ1) is 34.3. The van der Waals surface area contributed by atoms with Gasteiger partial charge in [0.15, 0.2) is 0 Å². The number of ether oxygens (including phenoxy) is 4. The molecule has 4 heterocycles. The van der Waals surface area contributed by atoms with Gasteiger partial charge in [-0.15, -0.1) is 0 Å². The quantitative estimate of drug-likeness (QED) is 0.0540. The maximum Gasteiger partial charge on any atom is 0.272 e. The van der Waals surface area contributed by atoms with Crippen LogP contribution in [0.3, 0.4) is 0 Å². The normalized spacial score (nSPS) is 11.9. The fourth-order valence-corrected chi connectivity index (χ4v) is 9.28. The first kappa shape index (κ1) is 52.7. The van der Waals surface area contributed by atoms with Crippen molar-refractivity contribution in [2.24, 2.45) is 5.92 Å². The number of nitriles is 2. The minimum absolute atomic E-state index is 0.0627. The van der Waals surface area contributed by atoms with E-state index in [0.29, 0.717) is 88.9 Å². The van der Waals surface area contributed by atoms with E-state index in [9.17, 15) is 28.9 Å². The predicted octanol–water partition coefficient (Wildman–Crippen LogP) is 9.77. The number of aromatic amines is 2. The second-order valence-electron chi connectivity index (χ2n) is 20.4. The summed E-state index contributed by atoms with van der Waals surface area (Å²) < 4.78 is 52.6. The third-order valence-electron chi connectivity index (χ3n) is 11.7. The molecule has 376 valence electrons. The minimum atomic E-state index is -2.67. The van der Waals surface area contributed by atoms with Crippen molar-refractivity contribution >= 4 is 59.8 Å². The lowest BCUT2D eigenvalue weighted by molar-refractivity contribution is 0.0815. The van der Waals surface area contributed by atoms with Crippen LogP contribution < -0.4 is 20.6 Å². The summed E-state index contributed by atoms with van der Waals surface area (Å²) in [5, 5.41) is 35.7. The van der Waals surface area contributed by atoms with Gasteiger partial charge in [0, 0.05) is 52.3 Å². The number of fused-ring (bicyclic) bond motifs is 4. The van der Waals surface area contributed by atoms with Gasteiger partial charge in [0.25, 0.3) is 17.5 Å². The lowest BCUT2D eigenvalue weighted by Gasteiger charge is -2.16. The average molecular weight is 1020 g/mol. The van der Waals surface area contributed by atoms with Gasteiger partial charge in [-0.2, -0.15) is 20.7 Å². The molecular weight excluding hydrogens is 955 g/mol. The molecule has 16 nitrogen and oxygen atoms in total. The SMILES string of the molecule is CC(C)COc1cc2nc(Cc3n[nH]c(=O)c4ccccc34)n(COCC[Si](C)(C)C)c2cc1C#N.C[Si](C)(C)CCOCn1c(Cc2n[nH]c(=O)c3ccccc23)nc2cc(C#N)c(OCC(F)F)cc21. The van der Waals surface area contributed by atoms with Gasteiger partial charge in [-0.25, -0.2) is 28.9 Å². The molecule has 0 saturated heterocycles. The highest BCUT2D eigenvalue weighted by Gasteiger charge is 2.22. The van der Waals surface area contributed by atoms with Crippen molar-refractivity contribution in [3.63, 3.8) is 0 Å². The summed E-state index contributed by atoms with van der Waals surface area (Å²) in [6.45, 7) is 19.3. The van der Waals surface area contributed by atoms with E-state index in [-0.39, 0.29) is 35.6 Å². The smallest absolute Gasteiger partial charge is 0.272 e.